The molecule has 4 nitrogen and oxygen atoms in total. The minimum absolute atomic E-state index is 0.00537. The molecule has 1 N–H and O–H groups in total. The maximum atomic E-state index is 10.8. The van der Waals surface area contributed by atoms with E-state index >= 15 is 0 Å². The Bertz CT molecular complexity index is 156. The molecular weight excluding hydrogens is 146 g/mol. The molecule has 0 aliphatic rings. The van der Waals surface area contributed by atoms with Crippen LogP contribution in [0.25, 0.3) is 0 Å². The highest BCUT2D eigenvalue weighted by atomic mass is 16.5. The molecule has 0 spiro atoms. The molecule has 0 unspecified atom stereocenters. The summed E-state index contributed by atoms with van der Waals surface area (Å²) in [6, 6.07) is 0. The number of Topliss-reactive ketones (excluding diaryl/α,β-unsaturated/α-hetero) is 1. The molecule has 11 heavy (non-hydrogen) atoms. The first kappa shape index (κ1) is 10.1. The summed E-state index contributed by atoms with van der Waals surface area (Å²) in [6.07, 6.45) is -0.552. The number of hydrogen-bond donors (Lipinski definition) is 1. The average molecular weight is 159 g/mol. The quantitative estimate of drug-likeness (QED) is 0.614. The van der Waals surface area contributed by atoms with E-state index < -0.39 is 6.10 Å². The lowest BCUT2D eigenvalue weighted by molar-refractivity contribution is -0.134. The van der Waals surface area contributed by atoms with Gasteiger partial charge in [-0.1, -0.05) is 0 Å². The molecule has 0 aromatic heterocycles. The molecule has 0 aromatic carbocycles. The van der Waals surface area contributed by atoms with E-state index in [0.717, 1.165) is 0 Å². The molecule has 0 heterocycles. The van der Waals surface area contributed by atoms with Gasteiger partial charge >= 0.3 is 0 Å². The van der Waals surface area contributed by atoms with Crippen LogP contribution >= 0.6 is 0 Å². The molecule has 0 aromatic rings. The lowest BCUT2D eigenvalue weighted by atomic mass is 10.4. The van der Waals surface area contributed by atoms with Crippen molar-refractivity contribution in [1.29, 1.82) is 0 Å². The first-order valence-corrected chi connectivity index (χ1v) is 3.40. The molecule has 0 radical (unpaired) electrons. The second-order valence-electron chi connectivity index (χ2n) is 2.27. The van der Waals surface area contributed by atoms with Crippen molar-refractivity contribution in [3.63, 3.8) is 0 Å². The highest BCUT2D eigenvalue weighted by molar-refractivity contribution is 5.81. The number of nitrogens with one attached hydrogen (secondary N) is 1. The van der Waals surface area contributed by atoms with Crippen molar-refractivity contribution in [2.75, 3.05) is 13.7 Å². The van der Waals surface area contributed by atoms with Gasteiger partial charge in [-0.15, -0.1) is 0 Å². The van der Waals surface area contributed by atoms with Gasteiger partial charge in [0.05, 0.1) is 0 Å². The molecular formula is C7H13NO3. The van der Waals surface area contributed by atoms with Crippen LogP contribution in [0.5, 0.6) is 0 Å². The lowest BCUT2D eigenvalue weighted by Gasteiger charge is -2.08. The average Bonchev–Trinajstić information content (AvgIpc) is 1.98. The molecule has 0 saturated heterocycles. The SMILES string of the molecule is CNC(=O)[C@H](C)OCC(C)=O. The van der Waals surface area contributed by atoms with E-state index in [1.807, 2.05) is 0 Å². The number of amides is 1. The number of hydrogen-bond acceptors (Lipinski definition) is 3. The molecule has 0 saturated carbocycles. The Morgan fingerprint density at radius 3 is 2.45 bits per heavy atom. The predicted molar refractivity (Wildman–Crippen MR) is 40.2 cm³/mol. The smallest absolute Gasteiger partial charge is 0.248 e. The van der Waals surface area contributed by atoms with Gasteiger partial charge in [-0.05, 0) is 13.8 Å². The first-order valence-electron chi connectivity index (χ1n) is 3.40. The summed E-state index contributed by atoms with van der Waals surface area (Å²) < 4.78 is 4.89. The molecule has 0 rings (SSSR count). The minimum Gasteiger partial charge on any atom is -0.361 e. The number of carbonyl (C=O) groups excluding carboxylic acids is 2. The van der Waals surface area contributed by atoms with Gasteiger partial charge in [0.1, 0.15) is 12.7 Å². The van der Waals surface area contributed by atoms with Crippen molar-refractivity contribution in [2.45, 2.75) is 20.0 Å². The standard InChI is InChI=1S/C7H13NO3/c1-5(9)4-11-6(2)7(10)8-3/h6H,4H2,1-3H3,(H,8,10)/t6-/m0/s1. The molecule has 0 aliphatic carbocycles. The lowest BCUT2D eigenvalue weighted by Crippen LogP contribution is -2.32. The summed E-state index contributed by atoms with van der Waals surface area (Å²) in [5.41, 5.74) is 0. The van der Waals surface area contributed by atoms with Crippen LogP contribution in [0.4, 0.5) is 0 Å². The van der Waals surface area contributed by atoms with Crippen LogP contribution in [0.3, 0.4) is 0 Å². The van der Waals surface area contributed by atoms with Crippen LogP contribution in [0.1, 0.15) is 13.8 Å². The van der Waals surface area contributed by atoms with E-state index in [4.69, 9.17) is 4.74 Å². The van der Waals surface area contributed by atoms with E-state index in [1.54, 1.807) is 6.92 Å². The largest absolute Gasteiger partial charge is 0.361 e. The zero-order chi connectivity index (χ0) is 8.85. The van der Waals surface area contributed by atoms with Gasteiger partial charge in [0, 0.05) is 7.05 Å². The van der Waals surface area contributed by atoms with Crippen molar-refractivity contribution in [3.05, 3.63) is 0 Å². The van der Waals surface area contributed by atoms with Gasteiger partial charge in [-0.25, -0.2) is 0 Å². The van der Waals surface area contributed by atoms with Crippen molar-refractivity contribution in [1.82, 2.24) is 5.32 Å². The van der Waals surface area contributed by atoms with Crippen LogP contribution in [0, 0.1) is 0 Å². The van der Waals surface area contributed by atoms with Gasteiger partial charge < -0.3 is 10.1 Å². The van der Waals surface area contributed by atoms with E-state index in [2.05, 4.69) is 5.32 Å². The zero-order valence-electron chi connectivity index (χ0n) is 7.01. The van der Waals surface area contributed by atoms with E-state index in [9.17, 15) is 9.59 Å². The normalized spacial score (nSPS) is 12.3. The summed E-state index contributed by atoms with van der Waals surface area (Å²) in [5.74, 6) is -0.299. The van der Waals surface area contributed by atoms with Crippen LogP contribution in [0.15, 0.2) is 0 Å². The second kappa shape index (κ2) is 4.85. The number of ketones is 1. The second-order valence-corrected chi connectivity index (χ2v) is 2.27. The highest BCUT2D eigenvalue weighted by Gasteiger charge is 2.10. The zero-order valence-corrected chi connectivity index (χ0v) is 7.01. The van der Waals surface area contributed by atoms with E-state index in [1.165, 1.54) is 14.0 Å². The molecule has 0 fully saturated rings. The molecule has 0 aliphatic heterocycles. The third kappa shape index (κ3) is 4.50. The Hall–Kier alpha value is -0.900. The van der Waals surface area contributed by atoms with Crippen molar-refractivity contribution in [3.8, 4) is 0 Å². The minimum atomic E-state index is -0.552. The van der Waals surface area contributed by atoms with Crippen LogP contribution in [-0.4, -0.2) is 31.4 Å². The molecule has 0 bridgehead atoms. The Balaban J connectivity index is 3.60. The summed E-state index contributed by atoms with van der Waals surface area (Å²) >= 11 is 0. The summed E-state index contributed by atoms with van der Waals surface area (Å²) in [6.45, 7) is 3.01. The number of likely N-dealkylation sites (N-methyl/N-ethyl adjacent to an activating group) is 1. The third-order valence-corrected chi connectivity index (χ3v) is 1.15. The Kier molecular flexibility index (Phi) is 4.45. The summed E-state index contributed by atoms with van der Waals surface area (Å²) in [5, 5.41) is 2.41. The van der Waals surface area contributed by atoms with Crippen LogP contribution in [0.2, 0.25) is 0 Å². The Morgan fingerprint density at radius 1 is 1.55 bits per heavy atom. The topological polar surface area (TPSA) is 55.4 Å². The van der Waals surface area contributed by atoms with Crippen molar-refractivity contribution in [2.24, 2.45) is 0 Å². The van der Waals surface area contributed by atoms with Gasteiger partial charge in [0.2, 0.25) is 5.91 Å². The fourth-order valence-corrected chi connectivity index (χ4v) is 0.521. The van der Waals surface area contributed by atoms with Gasteiger partial charge in [0.15, 0.2) is 5.78 Å². The number of ether oxygens (including phenoxy) is 1. The summed E-state index contributed by atoms with van der Waals surface area (Å²) in [7, 11) is 1.52. The number of rotatable bonds is 4. The van der Waals surface area contributed by atoms with Gasteiger partial charge in [0.25, 0.3) is 0 Å². The molecule has 1 atom stereocenters. The molecule has 64 valence electrons. The maximum absolute atomic E-state index is 10.8. The molecule has 4 heteroatoms. The fourth-order valence-electron chi connectivity index (χ4n) is 0.521. The van der Waals surface area contributed by atoms with Crippen LogP contribution < -0.4 is 5.32 Å². The van der Waals surface area contributed by atoms with Gasteiger partial charge in [-0.2, -0.15) is 0 Å². The Morgan fingerprint density at radius 2 is 2.09 bits per heavy atom. The Labute approximate surface area is 65.9 Å². The summed E-state index contributed by atoms with van der Waals surface area (Å²) in [4.78, 5) is 21.2. The maximum Gasteiger partial charge on any atom is 0.248 e. The van der Waals surface area contributed by atoms with E-state index in [0.29, 0.717) is 0 Å². The first-order chi connectivity index (χ1) is 5.07. The van der Waals surface area contributed by atoms with Crippen LogP contribution in [-0.2, 0) is 14.3 Å². The fraction of sp³-hybridized carbons (Fsp3) is 0.714. The number of carbonyl (C=O) groups is 2. The monoisotopic (exact) mass is 159 g/mol. The van der Waals surface area contributed by atoms with Crippen molar-refractivity contribution < 1.29 is 14.3 Å². The van der Waals surface area contributed by atoms with Gasteiger partial charge in [-0.3, -0.25) is 9.59 Å². The molecule has 1 amide bonds. The van der Waals surface area contributed by atoms with E-state index in [-0.39, 0.29) is 18.3 Å². The highest BCUT2D eigenvalue weighted by Crippen LogP contribution is 1.89. The third-order valence-electron chi connectivity index (χ3n) is 1.15. The van der Waals surface area contributed by atoms with Crippen molar-refractivity contribution >= 4 is 11.7 Å². The predicted octanol–water partition coefficient (Wildman–Crippen LogP) is -0.274.